The molecule has 4 aromatic rings. The number of carbonyl (C=O) groups excluding carboxylic acids is 1. The van der Waals surface area contributed by atoms with Crippen molar-refractivity contribution in [1.29, 1.82) is 0 Å². The molecule has 1 aliphatic heterocycles. The number of likely N-dealkylation sites (tertiary alicyclic amines) is 1. The van der Waals surface area contributed by atoms with Crippen LogP contribution in [0.5, 0.6) is 0 Å². The van der Waals surface area contributed by atoms with E-state index in [1.165, 1.54) is 6.07 Å². The molecule has 1 saturated heterocycles. The smallest absolute Gasteiger partial charge is 0.395 e. The molecule has 43 heavy (non-hydrogen) atoms. The van der Waals surface area contributed by atoms with E-state index in [0.717, 1.165) is 56.5 Å². The van der Waals surface area contributed by atoms with E-state index in [0.29, 0.717) is 46.5 Å². The molecule has 2 fully saturated rings. The fourth-order valence-corrected chi connectivity index (χ4v) is 6.04. The molecular weight excluding hydrogens is 555 g/mol. The lowest BCUT2D eigenvalue weighted by Crippen LogP contribution is -2.43. The minimum Gasteiger partial charge on any atom is -0.395 e. The number of hydrogen-bond acceptors (Lipinski definition) is 6. The van der Waals surface area contributed by atoms with Gasteiger partial charge in [-0.05, 0) is 68.6 Å². The predicted octanol–water partition coefficient (Wildman–Crippen LogP) is 5.28. The van der Waals surface area contributed by atoms with Gasteiger partial charge in [0, 0.05) is 36.5 Å². The number of benzene rings is 2. The van der Waals surface area contributed by atoms with Crippen LogP contribution in [0.25, 0.3) is 22.3 Å². The molecule has 0 spiro atoms. The molecule has 10 heteroatoms. The Labute approximate surface area is 248 Å². The molecule has 1 saturated carbocycles. The number of nitrogens with zero attached hydrogens (tertiary/aromatic N) is 3. The van der Waals surface area contributed by atoms with Crippen LogP contribution in [0.2, 0.25) is 0 Å². The number of hydrogen-bond donors (Lipinski definition) is 3. The number of pyridine rings is 2. The summed E-state index contributed by atoms with van der Waals surface area (Å²) in [5.41, 5.74) is 2.19. The minimum absolute atomic E-state index is 0.0687. The Morgan fingerprint density at radius 3 is 2.49 bits per heavy atom. The van der Waals surface area contributed by atoms with Gasteiger partial charge in [0.05, 0.1) is 34.5 Å². The van der Waals surface area contributed by atoms with Gasteiger partial charge in [0.15, 0.2) is 0 Å². The second-order valence-electron chi connectivity index (χ2n) is 11.4. The molecule has 0 bridgehead atoms. The van der Waals surface area contributed by atoms with E-state index in [9.17, 15) is 23.1 Å². The Morgan fingerprint density at radius 2 is 1.79 bits per heavy atom. The van der Waals surface area contributed by atoms with Crippen molar-refractivity contribution in [3.8, 4) is 11.3 Å². The number of rotatable bonds is 9. The van der Waals surface area contributed by atoms with Crippen molar-refractivity contribution < 1.29 is 23.1 Å². The van der Waals surface area contributed by atoms with Crippen molar-refractivity contribution in [3.63, 3.8) is 0 Å². The third kappa shape index (κ3) is 6.27. The molecule has 0 atom stereocenters. The molecule has 6 rings (SSSR count). The third-order valence-corrected chi connectivity index (χ3v) is 8.48. The van der Waals surface area contributed by atoms with Gasteiger partial charge in [0.1, 0.15) is 5.52 Å². The van der Waals surface area contributed by atoms with Crippen molar-refractivity contribution in [1.82, 2.24) is 25.5 Å². The van der Waals surface area contributed by atoms with Gasteiger partial charge in [-0.15, -0.1) is 0 Å². The maximum atomic E-state index is 14.3. The Bertz CT molecular complexity index is 1600. The summed E-state index contributed by atoms with van der Waals surface area (Å²) in [6.45, 7) is 2.37. The lowest BCUT2D eigenvalue weighted by atomic mass is 9.95. The largest absolute Gasteiger partial charge is 0.416 e. The molecule has 0 radical (unpaired) electrons. The lowest BCUT2D eigenvalue weighted by molar-refractivity contribution is -0.137. The fourth-order valence-electron chi connectivity index (χ4n) is 6.04. The van der Waals surface area contributed by atoms with Crippen molar-refractivity contribution in [2.45, 2.75) is 50.0 Å². The lowest BCUT2D eigenvalue weighted by Gasteiger charge is -2.33. The summed E-state index contributed by atoms with van der Waals surface area (Å²) in [6.07, 6.45) is 0.365. The number of aliphatic hydroxyl groups excluding tert-OH is 1. The zero-order chi connectivity index (χ0) is 30.0. The molecule has 3 N–H and O–H groups in total. The Balaban J connectivity index is 1.45. The predicted molar refractivity (Wildman–Crippen MR) is 158 cm³/mol. The van der Waals surface area contributed by atoms with E-state index in [1.807, 2.05) is 30.3 Å². The Hall–Kier alpha value is -3.86. The first-order valence-electron chi connectivity index (χ1n) is 14.7. The summed E-state index contributed by atoms with van der Waals surface area (Å²) in [5, 5.41) is 15.8. The minimum atomic E-state index is -4.52. The average Bonchev–Trinajstić information content (AvgIpc) is 3.80. The van der Waals surface area contributed by atoms with Crippen molar-refractivity contribution in [2.75, 3.05) is 26.2 Å². The van der Waals surface area contributed by atoms with E-state index in [4.69, 9.17) is 4.98 Å². The third-order valence-electron chi connectivity index (χ3n) is 8.48. The molecule has 224 valence electrons. The highest BCUT2D eigenvalue weighted by atomic mass is 19.4. The summed E-state index contributed by atoms with van der Waals surface area (Å²) >= 11 is 0. The number of nitrogens with one attached hydrogen (secondary N) is 2. The standard InChI is InChI=1S/C33H34F3N5O2/c34-33(35,36)24-9-4-6-22(20-24)29-26(21-41-17-11-25(12-18-41)37-16-19-42)28(30-27(39-29)10-5-15-38-30)31(43)40-32(13-14-32)23-7-2-1-3-8-23/h1-10,15,20,25,37,42H,11-14,16-19,21H2,(H,40,43). The van der Waals surface area contributed by atoms with Gasteiger partial charge in [0.25, 0.3) is 5.91 Å². The Kier molecular flexibility index (Phi) is 8.17. The maximum Gasteiger partial charge on any atom is 0.416 e. The van der Waals surface area contributed by atoms with Gasteiger partial charge in [-0.25, -0.2) is 4.98 Å². The van der Waals surface area contributed by atoms with Gasteiger partial charge >= 0.3 is 6.18 Å². The molecule has 1 amide bonds. The van der Waals surface area contributed by atoms with Crippen LogP contribution in [0.4, 0.5) is 13.2 Å². The molecule has 2 aromatic carbocycles. The number of aliphatic hydroxyl groups is 1. The van der Waals surface area contributed by atoms with Gasteiger partial charge < -0.3 is 15.7 Å². The van der Waals surface area contributed by atoms with E-state index in [2.05, 4.69) is 20.5 Å². The maximum absolute atomic E-state index is 14.3. The van der Waals surface area contributed by atoms with E-state index in [1.54, 1.807) is 24.4 Å². The molecule has 3 heterocycles. The number of piperidine rings is 1. The number of amides is 1. The summed E-state index contributed by atoms with van der Waals surface area (Å²) in [4.78, 5) is 25.9. The van der Waals surface area contributed by atoms with Crippen LogP contribution in [-0.2, 0) is 18.3 Å². The van der Waals surface area contributed by atoms with Crippen LogP contribution in [0, 0.1) is 0 Å². The average molecular weight is 590 g/mol. The first-order valence-corrected chi connectivity index (χ1v) is 14.7. The highest BCUT2D eigenvalue weighted by Gasteiger charge is 2.46. The number of aromatic nitrogens is 2. The second kappa shape index (κ2) is 12.0. The van der Waals surface area contributed by atoms with Crippen LogP contribution < -0.4 is 10.6 Å². The topological polar surface area (TPSA) is 90.4 Å². The molecule has 7 nitrogen and oxygen atoms in total. The summed E-state index contributed by atoms with van der Waals surface area (Å²) in [7, 11) is 0. The van der Waals surface area contributed by atoms with Crippen LogP contribution in [0.3, 0.4) is 0 Å². The number of fused-ring (bicyclic) bond motifs is 1. The van der Waals surface area contributed by atoms with Crippen LogP contribution in [0.15, 0.2) is 72.9 Å². The summed E-state index contributed by atoms with van der Waals surface area (Å²) in [5.74, 6) is -0.310. The zero-order valence-corrected chi connectivity index (χ0v) is 23.7. The van der Waals surface area contributed by atoms with Crippen molar-refractivity contribution in [3.05, 3.63) is 95.2 Å². The fraction of sp³-hybridized carbons (Fsp3) is 0.364. The molecule has 1 aliphatic carbocycles. The molecule has 0 unspecified atom stereocenters. The van der Waals surface area contributed by atoms with Crippen LogP contribution >= 0.6 is 0 Å². The SMILES string of the molecule is O=C(NC1(c2ccccc2)CC1)c1c(CN2CCC(NCCO)CC2)c(-c2cccc(C(F)(F)F)c2)nc2cccnc12. The van der Waals surface area contributed by atoms with Gasteiger partial charge in [-0.1, -0.05) is 42.5 Å². The first kappa shape index (κ1) is 29.2. The van der Waals surface area contributed by atoms with Gasteiger partial charge in [0.2, 0.25) is 0 Å². The van der Waals surface area contributed by atoms with E-state index >= 15 is 0 Å². The first-order chi connectivity index (χ1) is 20.8. The molecule has 2 aliphatic rings. The Morgan fingerprint density at radius 1 is 1.02 bits per heavy atom. The normalized spacial score (nSPS) is 17.2. The second-order valence-corrected chi connectivity index (χ2v) is 11.4. The van der Waals surface area contributed by atoms with Crippen molar-refractivity contribution >= 4 is 16.9 Å². The van der Waals surface area contributed by atoms with Gasteiger partial charge in [-0.2, -0.15) is 13.2 Å². The number of alkyl halides is 3. The zero-order valence-electron chi connectivity index (χ0n) is 23.7. The van der Waals surface area contributed by atoms with Crippen LogP contribution in [0.1, 0.15) is 52.7 Å². The monoisotopic (exact) mass is 589 g/mol. The quantitative estimate of drug-likeness (QED) is 0.246. The summed E-state index contributed by atoms with van der Waals surface area (Å²) < 4.78 is 41.3. The summed E-state index contributed by atoms with van der Waals surface area (Å²) in [6, 6.07) is 18.7. The molecular formula is C33H34F3N5O2. The van der Waals surface area contributed by atoms with Crippen molar-refractivity contribution in [2.24, 2.45) is 0 Å². The van der Waals surface area contributed by atoms with Gasteiger partial charge in [-0.3, -0.25) is 14.7 Å². The highest BCUT2D eigenvalue weighted by molar-refractivity contribution is 6.08. The van der Waals surface area contributed by atoms with Crippen LogP contribution in [-0.4, -0.2) is 58.2 Å². The van der Waals surface area contributed by atoms with E-state index in [-0.39, 0.29) is 18.6 Å². The number of carbonyl (C=O) groups is 1. The molecule has 2 aromatic heterocycles. The highest BCUT2D eigenvalue weighted by Crippen LogP contribution is 2.46. The van der Waals surface area contributed by atoms with E-state index < -0.39 is 17.3 Å². The number of halogens is 3.